The molecule has 2 aliphatic rings. The van der Waals surface area contributed by atoms with E-state index in [2.05, 4.69) is 10.6 Å². The first-order valence-corrected chi connectivity index (χ1v) is 6.41. The van der Waals surface area contributed by atoms with Crippen LogP contribution in [0.25, 0.3) is 0 Å². The summed E-state index contributed by atoms with van der Waals surface area (Å²) in [4.78, 5) is 0. The van der Waals surface area contributed by atoms with Crippen LogP contribution < -0.4 is 15.4 Å². The Morgan fingerprint density at radius 3 is 2.35 bits per heavy atom. The Kier molecular flexibility index (Phi) is 5.15. The molecule has 0 spiro atoms. The van der Waals surface area contributed by atoms with Crippen LogP contribution in [-0.2, 0) is 4.74 Å². The van der Waals surface area contributed by atoms with Crippen molar-refractivity contribution in [3.63, 3.8) is 0 Å². The Hall–Kier alpha value is -0.950. The van der Waals surface area contributed by atoms with Gasteiger partial charge in [-0.15, -0.1) is 12.4 Å². The third kappa shape index (κ3) is 3.20. The van der Waals surface area contributed by atoms with Gasteiger partial charge in [0.15, 0.2) is 0 Å². The molecule has 7 heteroatoms. The fourth-order valence-corrected chi connectivity index (χ4v) is 2.29. The van der Waals surface area contributed by atoms with E-state index in [0.29, 0.717) is 26.3 Å². The van der Waals surface area contributed by atoms with Gasteiger partial charge in [0.2, 0.25) is 0 Å². The van der Waals surface area contributed by atoms with E-state index >= 15 is 0 Å². The average Bonchev–Trinajstić information content (AvgIpc) is 2.34. The molecule has 4 nitrogen and oxygen atoms in total. The van der Waals surface area contributed by atoms with Crippen molar-refractivity contribution in [2.75, 3.05) is 32.8 Å². The van der Waals surface area contributed by atoms with E-state index in [1.165, 1.54) is 12.1 Å². The normalized spacial score (nSPS) is 22.8. The van der Waals surface area contributed by atoms with Crippen LogP contribution in [-0.4, -0.2) is 39.0 Å². The SMILES string of the molecule is Cl.Fc1cc(OC2COC2)cc(F)c1C1CNCCN1. The molecule has 1 aromatic carbocycles. The molecule has 3 rings (SSSR count). The summed E-state index contributed by atoms with van der Waals surface area (Å²) in [5.41, 5.74) is 0.0735. The molecule has 112 valence electrons. The van der Waals surface area contributed by atoms with Crippen LogP contribution in [0.5, 0.6) is 5.75 Å². The summed E-state index contributed by atoms with van der Waals surface area (Å²) in [7, 11) is 0. The summed E-state index contributed by atoms with van der Waals surface area (Å²) in [5, 5.41) is 6.21. The molecular formula is C13H17ClF2N2O2. The van der Waals surface area contributed by atoms with Gasteiger partial charge in [0.25, 0.3) is 0 Å². The number of nitrogens with one attached hydrogen (secondary N) is 2. The van der Waals surface area contributed by atoms with Crippen molar-refractivity contribution in [1.82, 2.24) is 10.6 Å². The summed E-state index contributed by atoms with van der Waals surface area (Å²) in [6.45, 7) is 2.96. The highest BCUT2D eigenvalue weighted by atomic mass is 35.5. The van der Waals surface area contributed by atoms with Gasteiger partial charge >= 0.3 is 0 Å². The second kappa shape index (κ2) is 6.67. The number of halogens is 3. The van der Waals surface area contributed by atoms with Crippen LogP contribution in [0.2, 0.25) is 0 Å². The standard InChI is InChI=1S/C13H16F2N2O2.ClH/c14-10-3-8(19-9-6-18-7-9)4-11(15)13(10)12-5-16-1-2-17-12;/h3-4,9,12,16-17H,1-2,5-7H2;1H. The fourth-order valence-electron chi connectivity index (χ4n) is 2.29. The fraction of sp³-hybridized carbons (Fsp3) is 0.538. The van der Waals surface area contributed by atoms with E-state index in [-0.39, 0.29) is 35.9 Å². The summed E-state index contributed by atoms with van der Waals surface area (Å²) in [6.07, 6.45) is -0.0980. The Balaban J connectivity index is 0.00000147. The zero-order valence-electron chi connectivity index (χ0n) is 10.8. The zero-order chi connectivity index (χ0) is 13.2. The highest BCUT2D eigenvalue weighted by Crippen LogP contribution is 2.27. The summed E-state index contributed by atoms with van der Waals surface area (Å²) in [6, 6.07) is 2.15. The molecule has 2 saturated heterocycles. The molecule has 2 fully saturated rings. The van der Waals surface area contributed by atoms with Crippen LogP contribution in [0.15, 0.2) is 12.1 Å². The molecule has 20 heavy (non-hydrogen) atoms. The number of rotatable bonds is 3. The van der Waals surface area contributed by atoms with Gasteiger partial charge in [-0.3, -0.25) is 0 Å². The van der Waals surface area contributed by atoms with Gasteiger partial charge in [-0.05, 0) is 0 Å². The molecule has 2 aliphatic heterocycles. The lowest BCUT2D eigenvalue weighted by atomic mass is 10.0. The van der Waals surface area contributed by atoms with Gasteiger partial charge in [0.05, 0.1) is 19.3 Å². The van der Waals surface area contributed by atoms with Gasteiger partial charge in [0, 0.05) is 37.3 Å². The quantitative estimate of drug-likeness (QED) is 0.886. The van der Waals surface area contributed by atoms with Crippen LogP contribution >= 0.6 is 12.4 Å². The van der Waals surface area contributed by atoms with Gasteiger partial charge in [0.1, 0.15) is 23.5 Å². The number of ether oxygens (including phenoxy) is 2. The van der Waals surface area contributed by atoms with Crippen LogP contribution in [0.3, 0.4) is 0 Å². The van der Waals surface area contributed by atoms with Crippen molar-refractivity contribution in [3.05, 3.63) is 29.3 Å². The van der Waals surface area contributed by atoms with E-state index in [1.807, 2.05) is 0 Å². The third-order valence-electron chi connectivity index (χ3n) is 3.35. The molecule has 1 unspecified atom stereocenters. The van der Waals surface area contributed by atoms with E-state index in [4.69, 9.17) is 9.47 Å². The Morgan fingerprint density at radius 2 is 1.85 bits per heavy atom. The van der Waals surface area contributed by atoms with Crippen molar-refractivity contribution < 1.29 is 18.3 Å². The Labute approximate surface area is 122 Å². The summed E-state index contributed by atoms with van der Waals surface area (Å²) in [5.74, 6) is -0.927. The lowest BCUT2D eigenvalue weighted by Crippen LogP contribution is -2.43. The second-order valence-corrected chi connectivity index (χ2v) is 4.79. The maximum atomic E-state index is 14.0. The molecule has 1 atom stereocenters. The molecule has 1 aromatic rings. The minimum atomic E-state index is -0.573. The molecular weight excluding hydrogens is 290 g/mol. The molecule has 0 bridgehead atoms. The number of hydrogen-bond acceptors (Lipinski definition) is 4. The average molecular weight is 307 g/mol. The maximum absolute atomic E-state index is 14.0. The van der Waals surface area contributed by atoms with Crippen molar-refractivity contribution in [1.29, 1.82) is 0 Å². The Morgan fingerprint density at radius 1 is 1.15 bits per heavy atom. The second-order valence-electron chi connectivity index (χ2n) is 4.79. The maximum Gasteiger partial charge on any atom is 0.145 e. The number of piperazine rings is 1. The van der Waals surface area contributed by atoms with Crippen molar-refractivity contribution in [2.24, 2.45) is 0 Å². The van der Waals surface area contributed by atoms with Gasteiger partial charge in [-0.1, -0.05) is 0 Å². The van der Waals surface area contributed by atoms with Crippen LogP contribution in [0.1, 0.15) is 11.6 Å². The first-order chi connectivity index (χ1) is 9.24. The molecule has 0 aliphatic carbocycles. The zero-order valence-corrected chi connectivity index (χ0v) is 11.6. The van der Waals surface area contributed by atoms with Crippen LogP contribution in [0, 0.1) is 11.6 Å². The predicted molar refractivity (Wildman–Crippen MR) is 72.5 cm³/mol. The molecule has 2 N–H and O–H groups in total. The van der Waals surface area contributed by atoms with Gasteiger partial charge in [-0.2, -0.15) is 0 Å². The predicted octanol–water partition coefficient (Wildman–Crippen LogP) is 1.40. The molecule has 0 aromatic heterocycles. The van der Waals surface area contributed by atoms with E-state index in [0.717, 1.165) is 6.54 Å². The number of benzene rings is 1. The monoisotopic (exact) mass is 306 g/mol. The first kappa shape index (κ1) is 15.4. The lowest BCUT2D eigenvalue weighted by molar-refractivity contribution is -0.0798. The molecule has 2 heterocycles. The summed E-state index contributed by atoms with van der Waals surface area (Å²) < 4.78 is 38.5. The minimum Gasteiger partial charge on any atom is -0.485 e. The third-order valence-corrected chi connectivity index (χ3v) is 3.35. The summed E-state index contributed by atoms with van der Waals surface area (Å²) >= 11 is 0. The topological polar surface area (TPSA) is 42.5 Å². The smallest absolute Gasteiger partial charge is 0.145 e. The van der Waals surface area contributed by atoms with Gasteiger partial charge in [-0.25, -0.2) is 8.78 Å². The van der Waals surface area contributed by atoms with E-state index in [9.17, 15) is 8.78 Å². The van der Waals surface area contributed by atoms with E-state index < -0.39 is 11.6 Å². The van der Waals surface area contributed by atoms with E-state index in [1.54, 1.807) is 0 Å². The molecule has 0 radical (unpaired) electrons. The number of hydrogen-bond donors (Lipinski definition) is 2. The highest BCUT2D eigenvalue weighted by molar-refractivity contribution is 5.85. The van der Waals surface area contributed by atoms with Crippen LogP contribution in [0.4, 0.5) is 8.78 Å². The largest absolute Gasteiger partial charge is 0.485 e. The van der Waals surface area contributed by atoms with Crippen molar-refractivity contribution in [3.8, 4) is 5.75 Å². The molecule has 0 amide bonds. The van der Waals surface area contributed by atoms with Crippen molar-refractivity contribution >= 4 is 12.4 Å². The Bertz CT molecular complexity index is 443. The first-order valence-electron chi connectivity index (χ1n) is 6.41. The van der Waals surface area contributed by atoms with Gasteiger partial charge < -0.3 is 20.1 Å². The highest BCUT2D eigenvalue weighted by Gasteiger charge is 2.25. The van der Waals surface area contributed by atoms with Crippen molar-refractivity contribution in [2.45, 2.75) is 12.1 Å². The lowest BCUT2D eigenvalue weighted by Gasteiger charge is -2.28. The minimum absolute atomic E-state index is 0. The molecule has 0 saturated carbocycles.